The molecule has 1 unspecified atom stereocenters. The molecule has 17 heavy (non-hydrogen) atoms. The van der Waals surface area contributed by atoms with E-state index in [2.05, 4.69) is 38.1 Å². The van der Waals surface area contributed by atoms with Crippen LogP contribution in [0.25, 0.3) is 0 Å². The molecule has 0 spiro atoms. The zero-order chi connectivity index (χ0) is 12.7. The van der Waals surface area contributed by atoms with Gasteiger partial charge >= 0.3 is 0 Å². The molecule has 1 atom stereocenters. The highest BCUT2D eigenvalue weighted by Gasteiger charge is 2.04. The molecule has 0 aliphatic carbocycles. The van der Waals surface area contributed by atoms with Crippen LogP contribution in [0.5, 0.6) is 5.88 Å². The van der Waals surface area contributed by atoms with Gasteiger partial charge < -0.3 is 15.8 Å². The number of nitrogens with two attached hydrogens (primary N) is 1. The van der Waals surface area contributed by atoms with Gasteiger partial charge in [0, 0.05) is 6.54 Å². The van der Waals surface area contributed by atoms with Crippen molar-refractivity contribution in [2.45, 2.75) is 19.8 Å². The Morgan fingerprint density at radius 2 is 2.35 bits per heavy atom. The molecule has 6 heteroatoms. The molecule has 0 aliphatic rings. The second-order valence-electron chi connectivity index (χ2n) is 3.96. The minimum atomic E-state index is 0.540. The average Bonchev–Trinajstić information content (AvgIpc) is 2.36. The number of hydrogen-bond donors (Lipinski definition) is 2. The van der Waals surface area contributed by atoms with Gasteiger partial charge in [-0.2, -0.15) is 4.98 Å². The minimum absolute atomic E-state index is 0.540. The van der Waals surface area contributed by atoms with E-state index < -0.39 is 0 Å². The van der Waals surface area contributed by atoms with Gasteiger partial charge in [-0.05, 0) is 41.2 Å². The Kier molecular flexibility index (Phi) is 6.21. The maximum absolute atomic E-state index is 5.55. The molecular weight excluding hydrogens is 284 g/mol. The number of methoxy groups -OCH3 is 1. The van der Waals surface area contributed by atoms with Crippen molar-refractivity contribution in [2.24, 2.45) is 11.7 Å². The first-order valence-electron chi connectivity index (χ1n) is 5.67. The molecule has 96 valence electrons. The third kappa shape index (κ3) is 4.87. The van der Waals surface area contributed by atoms with Crippen molar-refractivity contribution in [3.8, 4) is 5.88 Å². The number of anilines is 1. The zero-order valence-corrected chi connectivity index (χ0v) is 11.8. The first-order valence-corrected chi connectivity index (χ1v) is 6.47. The Labute approximate surface area is 110 Å². The zero-order valence-electron chi connectivity index (χ0n) is 10.2. The molecule has 3 N–H and O–H groups in total. The van der Waals surface area contributed by atoms with Gasteiger partial charge in [-0.15, -0.1) is 0 Å². The fraction of sp³-hybridized carbons (Fsp3) is 0.636. The molecule has 0 radical (unpaired) electrons. The Hall–Kier alpha value is -0.880. The summed E-state index contributed by atoms with van der Waals surface area (Å²) in [6.07, 6.45) is 3.84. The molecule has 0 fully saturated rings. The molecule has 1 aromatic heterocycles. The fourth-order valence-corrected chi connectivity index (χ4v) is 1.70. The molecule has 5 nitrogen and oxygen atoms in total. The number of nitrogens with zero attached hydrogens (tertiary/aromatic N) is 2. The van der Waals surface area contributed by atoms with Gasteiger partial charge in [-0.3, -0.25) is 0 Å². The van der Waals surface area contributed by atoms with Crippen LogP contribution in [-0.2, 0) is 0 Å². The third-order valence-corrected chi connectivity index (χ3v) is 3.01. The molecule has 0 aliphatic heterocycles. The Bertz CT molecular complexity index is 348. The largest absolute Gasteiger partial charge is 0.480 e. The lowest BCUT2D eigenvalue weighted by molar-refractivity contribution is 0.394. The highest BCUT2D eigenvalue weighted by atomic mass is 79.9. The van der Waals surface area contributed by atoms with Gasteiger partial charge in [0.2, 0.25) is 11.8 Å². The van der Waals surface area contributed by atoms with Crippen molar-refractivity contribution < 1.29 is 4.74 Å². The van der Waals surface area contributed by atoms with Crippen LogP contribution in [0.4, 0.5) is 5.95 Å². The number of halogens is 1. The van der Waals surface area contributed by atoms with Crippen molar-refractivity contribution in [1.82, 2.24) is 9.97 Å². The number of rotatable bonds is 7. The quantitative estimate of drug-likeness (QED) is 0.754. The topological polar surface area (TPSA) is 73.1 Å². The number of nitrogens with one attached hydrogen (secondary N) is 1. The summed E-state index contributed by atoms with van der Waals surface area (Å²) < 4.78 is 5.85. The molecular formula is C11H19BrN4O. The Balaban J connectivity index is 2.36. The first kappa shape index (κ1) is 14.2. The van der Waals surface area contributed by atoms with Crippen LogP contribution in [0.1, 0.15) is 19.8 Å². The summed E-state index contributed by atoms with van der Waals surface area (Å²) in [5.41, 5.74) is 5.55. The van der Waals surface area contributed by atoms with E-state index in [1.165, 1.54) is 0 Å². The van der Waals surface area contributed by atoms with Gasteiger partial charge in [-0.1, -0.05) is 6.92 Å². The van der Waals surface area contributed by atoms with Crippen molar-refractivity contribution in [2.75, 3.05) is 25.5 Å². The van der Waals surface area contributed by atoms with Gasteiger partial charge in [0.25, 0.3) is 0 Å². The summed E-state index contributed by atoms with van der Waals surface area (Å²) in [7, 11) is 1.58. The van der Waals surface area contributed by atoms with Crippen LogP contribution in [0, 0.1) is 5.92 Å². The highest BCUT2D eigenvalue weighted by Crippen LogP contribution is 2.21. The van der Waals surface area contributed by atoms with Gasteiger partial charge in [0.15, 0.2) is 0 Å². The van der Waals surface area contributed by atoms with Crippen molar-refractivity contribution in [3.05, 3.63) is 10.7 Å². The van der Waals surface area contributed by atoms with E-state index in [0.717, 1.165) is 30.4 Å². The smallest absolute Gasteiger partial charge is 0.232 e. The summed E-state index contributed by atoms with van der Waals surface area (Å²) in [6.45, 7) is 3.73. The summed E-state index contributed by atoms with van der Waals surface area (Å²) in [5, 5.41) is 3.16. The maximum Gasteiger partial charge on any atom is 0.232 e. The van der Waals surface area contributed by atoms with Crippen LogP contribution in [0.15, 0.2) is 10.7 Å². The molecule has 0 saturated heterocycles. The SMILES string of the molecule is COc1nc(NCCCC(C)CN)ncc1Br. The summed E-state index contributed by atoms with van der Waals surface area (Å²) >= 11 is 3.31. The molecule has 1 heterocycles. The molecule has 0 bridgehead atoms. The normalized spacial score (nSPS) is 12.2. The van der Waals surface area contributed by atoms with Crippen molar-refractivity contribution >= 4 is 21.9 Å². The van der Waals surface area contributed by atoms with Crippen molar-refractivity contribution in [3.63, 3.8) is 0 Å². The second kappa shape index (κ2) is 7.45. The maximum atomic E-state index is 5.55. The van der Waals surface area contributed by atoms with E-state index in [1.807, 2.05) is 0 Å². The summed E-state index contributed by atoms with van der Waals surface area (Å²) in [5.74, 6) is 1.69. The monoisotopic (exact) mass is 302 g/mol. The van der Waals surface area contributed by atoms with E-state index in [0.29, 0.717) is 17.7 Å². The number of ether oxygens (including phenoxy) is 1. The van der Waals surface area contributed by atoms with Crippen LogP contribution >= 0.6 is 15.9 Å². The molecule has 0 amide bonds. The third-order valence-electron chi connectivity index (χ3n) is 2.46. The highest BCUT2D eigenvalue weighted by molar-refractivity contribution is 9.10. The minimum Gasteiger partial charge on any atom is -0.480 e. The van der Waals surface area contributed by atoms with Crippen LogP contribution < -0.4 is 15.8 Å². The fourth-order valence-electron chi connectivity index (χ4n) is 1.35. The van der Waals surface area contributed by atoms with E-state index in [4.69, 9.17) is 10.5 Å². The number of aromatic nitrogens is 2. The van der Waals surface area contributed by atoms with Crippen LogP contribution in [0.3, 0.4) is 0 Å². The Morgan fingerprint density at radius 1 is 1.59 bits per heavy atom. The standard InChI is InChI=1S/C11H19BrN4O/c1-8(6-13)4-3-5-14-11-15-7-9(12)10(16-11)17-2/h7-8H,3-6,13H2,1-2H3,(H,14,15,16). The van der Waals surface area contributed by atoms with Gasteiger partial charge in [-0.25, -0.2) is 4.98 Å². The van der Waals surface area contributed by atoms with E-state index >= 15 is 0 Å². The lowest BCUT2D eigenvalue weighted by atomic mass is 10.1. The lowest BCUT2D eigenvalue weighted by Gasteiger charge is -2.09. The van der Waals surface area contributed by atoms with Gasteiger partial charge in [0.1, 0.15) is 0 Å². The number of hydrogen-bond acceptors (Lipinski definition) is 5. The Morgan fingerprint density at radius 3 is 3.00 bits per heavy atom. The molecule has 1 aromatic rings. The summed E-state index contributed by atoms with van der Waals surface area (Å²) in [4.78, 5) is 8.36. The van der Waals surface area contributed by atoms with Crippen LogP contribution in [-0.4, -0.2) is 30.2 Å². The average molecular weight is 303 g/mol. The second-order valence-corrected chi connectivity index (χ2v) is 4.82. The van der Waals surface area contributed by atoms with E-state index in [9.17, 15) is 0 Å². The predicted octanol–water partition coefficient (Wildman–Crippen LogP) is 2.03. The predicted molar refractivity (Wildman–Crippen MR) is 72.2 cm³/mol. The van der Waals surface area contributed by atoms with Crippen molar-refractivity contribution in [1.29, 1.82) is 0 Å². The van der Waals surface area contributed by atoms with Crippen LogP contribution in [0.2, 0.25) is 0 Å². The molecule has 0 saturated carbocycles. The molecule has 0 aromatic carbocycles. The lowest BCUT2D eigenvalue weighted by Crippen LogP contribution is -2.13. The first-order chi connectivity index (χ1) is 8.17. The molecule has 1 rings (SSSR count). The van der Waals surface area contributed by atoms with E-state index in [-0.39, 0.29) is 0 Å². The van der Waals surface area contributed by atoms with E-state index in [1.54, 1.807) is 13.3 Å². The van der Waals surface area contributed by atoms with Gasteiger partial charge in [0.05, 0.1) is 17.8 Å². The summed E-state index contributed by atoms with van der Waals surface area (Å²) in [6, 6.07) is 0.